The van der Waals surface area contributed by atoms with Crippen molar-refractivity contribution in [3.63, 3.8) is 0 Å². The van der Waals surface area contributed by atoms with Crippen molar-refractivity contribution in [1.82, 2.24) is 15.3 Å². The third-order valence-electron chi connectivity index (χ3n) is 3.17. The smallest absolute Gasteiger partial charge is 0.230 e. The Bertz CT molecular complexity index is 481. The van der Waals surface area contributed by atoms with E-state index in [2.05, 4.69) is 20.2 Å². The lowest BCUT2D eigenvalue weighted by atomic mass is 10.1. The molecule has 0 radical (unpaired) electrons. The van der Waals surface area contributed by atoms with Gasteiger partial charge in [0.15, 0.2) is 0 Å². The minimum atomic E-state index is -0.192. The molecule has 5 nitrogen and oxygen atoms in total. The van der Waals surface area contributed by atoms with Gasteiger partial charge in [0, 0.05) is 24.7 Å². The van der Waals surface area contributed by atoms with Crippen LogP contribution in [0, 0.1) is 0 Å². The van der Waals surface area contributed by atoms with Gasteiger partial charge in [-0.05, 0) is 40.0 Å². The molecule has 2 rings (SSSR count). The SMILES string of the molecule is CC(C)(C)NC(=O)CSc1cc(N2CCCCC2)ncn1. The molecule has 1 aromatic heterocycles. The Labute approximate surface area is 130 Å². The van der Waals surface area contributed by atoms with Crippen molar-refractivity contribution in [1.29, 1.82) is 0 Å². The summed E-state index contributed by atoms with van der Waals surface area (Å²) in [7, 11) is 0. The lowest BCUT2D eigenvalue weighted by Crippen LogP contribution is -2.41. The molecule has 0 aromatic carbocycles. The van der Waals surface area contributed by atoms with Crippen molar-refractivity contribution in [3.8, 4) is 0 Å². The number of anilines is 1. The fourth-order valence-corrected chi connectivity index (χ4v) is 2.96. The fourth-order valence-electron chi connectivity index (χ4n) is 2.30. The first-order chi connectivity index (χ1) is 9.94. The molecule has 0 saturated carbocycles. The first-order valence-electron chi connectivity index (χ1n) is 7.45. The molecule has 1 amide bonds. The van der Waals surface area contributed by atoms with Crippen LogP contribution in [0.2, 0.25) is 0 Å². The molecule has 1 aliphatic rings. The highest BCUT2D eigenvalue weighted by Crippen LogP contribution is 2.22. The molecule has 1 saturated heterocycles. The van der Waals surface area contributed by atoms with Crippen LogP contribution in [0.1, 0.15) is 40.0 Å². The van der Waals surface area contributed by atoms with Gasteiger partial charge in [0.1, 0.15) is 17.2 Å². The second-order valence-corrected chi connectivity index (χ2v) is 7.34. The molecule has 0 unspecified atom stereocenters. The molecule has 1 N–H and O–H groups in total. The lowest BCUT2D eigenvalue weighted by Gasteiger charge is -2.27. The van der Waals surface area contributed by atoms with E-state index in [9.17, 15) is 4.79 Å². The van der Waals surface area contributed by atoms with Gasteiger partial charge in [-0.2, -0.15) is 0 Å². The topological polar surface area (TPSA) is 58.1 Å². The maximum absolute atomic E-state index is 11.8. The van der Waals surface area contributed by atoms with Crippen LogP contribution in [0.25, 0.3) is 0 Å². The zero-order chi connectivity index (χ0) is 15.3. The number of aromatic nitrogens is 2. The number of rotatable bonds is 4. The molecular weight excluding hydrogens is 284 g/mol. The van der Waals surface area contributed by atoms with Gasteiger partial charge in [0.25, 0.3) is 0 Å². The molecule has 0 bridgehead atoms. The van der Waals surface area contributed by atoms with Crippen LogP contribution >= 0.6 is 11.8 Å². The summed E-state index contributed by atoms with van der Waals surface area (Å²) in [5.41, 5.74) is -0.192. The second kappa shape index (κ2) is 7.11. The van der Waals surface area contributed by atoms with Gasteiger partial charge in [-0.25, -0.2) is 9.97 Å². The quantitative estimate of drug-likeness (QED) is 0.684. The first-order valence-corrected chi connectivity index (χ1v) is 8.43. The van der Waals surface area contributed by atoms with Crippen molar-refractivity contribution in [2.45, 2.75) is 50.6 Å². The third-order valence-corrected chi connectivity index (χ3v) is 4.10. The predicted octanol–water partition coefficient (Wildman–Crippen LogP) is 2.47. The molecule has 6 heteroatoms. The maximum Gasteiger partial charge on any atom is 0.230 e. The standard InChI is InChI=1S/C15H24N4OS/c1-15(2,3)18-13(20)10-21-14-9-12(16-11-17-14)19-7-5-4-6-8-19/h9,11H,4-8,10H2,1-3H3,(H,18,20). The van der Waals surface area contributed by atoms with E-state index < -0.39 is 0 Å². The van der Waals surface area contributed by atoms with Crippen molar-refractivity contribution >= 4 is 23.5 Å². The third kappa shape index (κ3) is 5.53. The van der Waals surface area contributed by atoms with Gasteiger partial charge in [0.2, 0.25) is 5.91 Å². The number of nitrogens with zero attached hydrogens (tertiary/aromatic N) is 3. The van der Waals surface area contributed by atoms with Crippen molar-refractivity contribution < 1.29 is 4.79 Å². The van der Waals surface area contributed by atoms with Gasteiger partial charge in [-0.1, -0.05) is 11.8 Å². The minimum absolute atomic E-state index is 0.0330. The molecule has 21 heavy (non-hydrogen) atoms. The Morgan fingerprint density at radius 2 is 2.00 bits per heavy atom. The summed E-state index contributed by atoms with van der Waals surface area (Å²) < 4.78 is 0. The summed E-state index contributed by atoms with van der Waals surface area (Å²) in [5.74, 6) is 1.39. The average Bonchev–Trinajstić information content (AvgIpc) is 2.45. The van der Waals surface area contributed by atoms with E-state index >= 15 is 0 Å². The highest BCUT2D eigenvalue weighted by Gasteiger charge is 2.15. The van der Waals surface area contributed by atoms with Gasteiger partial charge in [-0.15, -0.1) is 0 Å². The number of carbonyl (C=O) groups excluding carboxylic acids is 1. The highest BCUT2D eigenvalue weighted by atomic mass is 32.2. The summed E-state index contributed by atoms with van der Waals surface area (Å²) >= 11 is 1.46. The fraction of sp³-hybridized carbons (Fsp3) is 0.667. The number of nitrogens with one attached hydrogen (secondary N) is 1. The lowest BCUT2D eigenvalue weighted by molar-refractivity contribution is -0.119. The number of amides is 1. The van der Waals surface area contributed by atoms with E-state index in [1.807, 2.05) is 26.8 Å². The molecular formula is C15H24N4OS. The van der Waals surface area contributed by atoms with Gasteiger partial charge < -0.3 is 10.2 Å². The van der Waals surface area contributed by atoms with Crippen molar-refractivity contribution in [2.24, 2.45) is 0 Å². The number of thioether (sulfide) groups is 1. The first kappa shape index (κ1) is 16.1. The van der Waals surface area contributed by atoms with Crippen molar-refractivity contribution in [3.05, 3.63) is 12.4 Å². The number of carbonyl (C=O) groups is 1. The Morgan fingerprint density at radius 3 is 2.67 bits per heavy atom. The summed E-state index contributed by atoms with van der Waals surface area (Å²) in [6.07, 6.45) is 5.34. The maximum atomic E-state index is 11.8. The summed E-state index contributed by atoms with van der Waals surface area (Å²) in [6, 6.07) is 1.99. The van der Waals surface area contributed by atoms with Crippen LogP contribution in [0.15, 0.2) is 17.4 Å². The van der Waals surface area contributed by atoms with Gasteiger partial charge >= 0.3 is 0 Å². The van der Waals surface area contributed by atoms with Gasteiger partial charge in [-0.3, -0.25) is 4.79 Å². The Hall–Kier alpha value is -1.30. The molecule has 1 fully saturated rings. The normalized spacial score (nSPS) is 15.9. The minimum Gasteiger partial charge on any atom is -0.356 e. The van der Waals surface area contributed by atoms with E-state index in [4.69, 9.17) is 0 Å². The largest absolute Gasteiger partial charge is 0.356 e. The summed E-state index contributed by atoms with van der Waals surface area (Å²) in [6.45, 7) is 8.06. The molecule has 116 valence electrons. The molecule has 0 aliphatic carbocycles. The molecule has 0 spiro atoms. The Kier molecular flexibility index (Phi) is 5.45. The monoisotopic (exact) mass is 308 g/mol. The van der Waals surface area contributed by atoms with Crippen LogP contribution in [0.4, 0.5) is 5.82 Å². The van der Waals surface area contributed by atoms with E-state index in [1.165, 1.54) is 31.0 Å². The Balaban J connectivity index is 1.90. The van der Waals surface area contributed by atoms with Crippen LogP contribution in [-0.4, -0.2) is 40.3 Å². The van der Waals surface area contributed by atoms with Gasteiger partial charge in [0.05, 0.1) is 5.75 Å². The number of piperidine rings is 1. The summed E-state index contributed by atoms with van der Waals surface area (Å²) in [5, 5.41) is 3.81. The Morgan fingerprint density at radius 1 is 1.29 bits per heavy atom. The van der Waals surface area contributed by atoms with E-state index in [1.54, 1.807) is 6.33 Å². The second-order valence-electron chi connectivity index (χ2n) is 6.35. The van der Waals surface area contributed by atoms with Crippen LogP contribution < -0.4 is 10.2 Å². The van der Waals surface area contributed by atoms with Crippen LogP contribution in [-0.2, 0) is 4.79 Å². The number of hydrogen-bond acceptors (Lipinski definition) is 5. The molecule has 0 atom stereocenters. The van der Waals surface area contributed by atoms with E-state index in [0.29, 0.717) is 5.75 Å². The van der Waals surface area contributed by atoms with E-state index in [-0.39, 0.29) is 11.4 Å². The zero-order valence-electron chi connectivity index (χ0n) is 13.1. The van der Waals surface area contributed by atoms with E-state index in [0.717, 1.165) is 23.9 Å². The van der Waals surface area contributed by atoms with Crippen LogP contribution in [0.3, 0.4) is 0 Å². The molecule has 1 aliphatic heterocycles. The van der Waals surface area contributed by atoms with Crippen molar-refractivity contribution in [2.75, 3.05) is 23.7 Å². The molecule has 1 aromatic rings. The zero-order valence-corrected chi connectivity index (χ0v) is 13.9. The molecule has 2 heterocycles. The number of hydrogen-bond donors (Lipinski definition) is 1. The van der Waals surface area contributed by atoms with Crippen LogP contribution in [0.5, 0.6) is 0 Å². The average molecular weight is 308 g/mol. The predicted molar refractivity (Wildman–Crippen MR) is 86.7 cm³/mol. The highest BCUT2D eigenvalue weighted by molar-refractivity contribution is 7.99. The summed E-state index contributed by atoms with van der Waals surface area (Å²) in [4.78, 5) is 22.7.